The molecule has 0 heterocycles. The zero-order chi connectivity index (χ0) is 21.1. The lowest BCUT2D eigenvalue weighted by atomic mass is 10.0. The second-order valence-corrected chi connectivity index (χ2v) is 6.53. The summed E-state index contributed by atoms with van der Waals surface area (Å²) in [6, 6.07) is -2.80. The highest BCUT2D eigenvalue weighted by molar-refractivity contribution is 5.94. The van der Waals surface area contributed by atoms with Gasteiger partial charge in [0.15, 0.2) is 0 Å². The van der Waals surface area contributed by atoms with Crippen molar-refractivity contribution >= 4 is 29.6 Å². The molecule has 0 aromatic rings. The van der Waals surface area contributed by atoms with Crippen LogP contribution in [-0.2, 0) is 24.0 Å². The van der Waals surface area contributed by atoms with Gasteiger partial charge < -0.3 is 32.1 Å². The third kappa shape index (κ3) is 10.1. The fraction of sp³-hybridized carbons (Fsp3) is 0.688. The Bertz CT molecular complexity index is 566. The van der Waals surface area contributed by atoms with Gasteiger partial charge in [-0.3, -0.25) is 24.0 Å². The van der Waals surface area contributed by atoms with Gasteiger partial charge in [0.25, 0.3) is 0 Å². The van der Waals surface area contributed by atoms with E-state index in [4.69, 9.17) is 10.8 Å². The Balaban J connectivity index is 4.89. The number of amides is 4. The normalized spacial score (nSPS) is 13.9. The maximum atomic E-state index is 12.4. The first-order chi connectivity index (χ1) is 12.5. The molecule has 0 saturated carbocycles. The van der Waals surface area contributed by atoms with Crippen molar-refractivity contribution in [2.75, 3.05) is 13.1 Å². The molecule has 7 N–H and O–H groups in total. The smallest absolute Gasteiger partial charge is 0.322 e. The predicted octanol–water partition coefficient (Wildman–Crippen LogP) is -2.31. The summed E-state index contributed by atoms with van der Waals surface area (Å²) in [5.74, 6) is -3.48. The van der Waals surface area contributed by atoms with Gasteiger partial charge in [-0.2, -0.15) is 0 Å². The van der Waals surface area contributed by atoms with Gasteiger partial charge in [-0.15, -0.1) is 0 Å². The van der Waals surface area contributed by atoms with E-state index in [-0.39, 0.29) is 12.5 Å². The van der Waals surface area contributed by atoms with Gasteiger partial charge in [0.1, 0.15) is 24.7 Å². The van der Waals surface area contributed by atoms with Crippen LogP contribution in [0.5, 0.6) is 0 Å². The van der Waals surface area contributed by atoms with Gasteiger partial charge in [-0.25, -0.2) is 0 Å². The van der Waals surface area contributed by atoms with Crippen LogP contribution in [0.3, 0.4) is 0 Å². The minimum Gasteiger partial charge on any atom is -0.480 e. The Morgan fingerprint density at radius 2 is 1.41 bits per heavy atom. The number of rotatable bonds is 11. The van der Waals surface area contributed by atoms with Crippen molar-refractivity contribution in [1.29, 1.82) is 0 Å². The van der Waals surface area contributed by atoms with Gasteiger partial charge >= 0.3 is 5.97 Å². The third-order valence-corrected chi connectivity index (χ3v) is 3.46. The summed E-state index contributed by atoms with van der Waals surface area (Å²) in [5.41, 5.74) is 5.18. The number of nitrogens with one attached hydrogen (secondary N) is 4. The van der Waals surface area contributed by atoms with E-state index in [9.17, 15) is 24.0 Å². The Labute approximate surface area is 157 Å². The van der Waals surface area contributed by atoms with E-state index in [1.807, 2.05) is 13.8 Å². The van der Waals surface area contributed by atoms with Crippen LogP contribution in [0.15, 0.2) is 0 Å². The summed E-state index contributed by atoms with van der Waals surface area (Å²) < 4.78 is 0. The van der Waals surface area contributed by atoms with Crippen molar-refractivity contribution in [3.63, 3.8) is 0 Å². The number of carboxylic acids is 1. The molecule has 0 radical (unpaired) electrons. The Kier molecular flexibility index (Phi) is 10.7. The summed E-state index contributed by atoms with van der Waals surface area (Å²) >= 11 is 0. The molecule has 0 aromatic carbocycles. The van der Waals surface area contributed by atoms with Crippen molar-refractivity contribution in [2.24, 2.45) is 11.7 Å². The molecule has 0 bridgehead atoms. The summed E-state index contributed by atoms with van der Waals surface area (Å²) in [6.07, 6.45) is 0.304. The zero-order valence-corrected chi connectivity index (χ0v) is 16.0. The number of carbonyl (C=O) groups is 5. The molecule has 0 saturated heterocycles. The summed E-state index contributed by atoms with van der Waals surface area (Å²) in [5, 5.41) is 18.1. The Morgan fingerprint density at radius 1 is 0.852 bits per heavy atom. The highest BCUT2D eigenvalue weighted by atomic mass is 16.4. The van der Waals surface area contributed by atoms with Crippen molar-refractivity contribution in [2.45, 2.75) is 52.2 Å². The summed E-state index contributed by atoms with van der Waals surface area (Å²) in [4.78, 5) is 58.2. The molecule has 0 fully saturated rings. The predicted molar refractivity (Wildman–Crippen MR) is 96.3 cm³/mol. The third-order valence-electron chi connectivity index (χ3n) is 3.46. The first-order valence-electron chi connectivity index (χ1n) is 8.57. The van der Waals surface area contributed by atoms with Crippen LogP contribution < -0.4 is 27.0 Å². The molecule has 3 atom stereocenters. The largest absolute Gasteiger partial charge is 0.480 e. The number of carboxylic acid groups (broad SMARTS) is 1. The number of hydrogen-bond donors (Lipinski definition) is 6. The average molecular weight is 387 g/mol. The second kappa shape index (κ2) is 11.8. The van der Waals surface area contributed by atoms with E-state index < -0.39 is 54.3 Å². The highest BCUT2D eigenvalue weighted by Crippen LogP contribution is 2.06. The fourth-order valence-electron chi connectivity index (χ4n) is 2.06. The van der Waals surface area contributed by atoms with Crippen LogP contribution in [0.25, 0.3) is 0 Å². The van der Waals surface area contributed by atoms with E-state index in [1.165, 1.54) is 13.8 Å². The lowest BCUT2D eigenvalue weighted by molar-refractivity contribution is -0.138. The maximum Gasteiger partial charge on any atom is 0.322 e. The minimum atomic E-state index is -1.21. The quantitative estimate of drug-likeness (QED) is 0.230. The fourth-order valence-corrected chi connectivity index (χ4v) is 2.06. The van der Waals surface area contributed by atoms with E-state index >= 15 is 0 Å². The standard InChI is InChI=1S/C16H29N5O6/c1-8(2)5-11(21-15(26)10(4)19-12(22)6-17)16(27)20-9(3)14(25)18-7-13(23)24/h8-11H,5-7,17H2,1-4H3,(H,18,25)(H,19,22)(H,20,27)(H,21,26)(H,23,24)/t9-,10-,11-/m0/s1. The number of aliphatic carboxylic acids is 1. The molecule has 0 aliphatic carbocycles. The molecule has 11 nitrogen and oxygen atoms in total. The Hall–Kier alpha value is -2.69. The molecule has 154 valence electrons. The lowest BCUT2D eigenvalue weighted by Crippen LogP contribution is -2.56. The van der Waals surface area contributed by atoms with E-state index in [2.05, 4.69) is 21.3 Å². The molecule has 0 unspecified atom stereocenters. The van der Waals surface area contributed by atoms with Crippen LogP contribution in [-0.4, -0.2) is 65.9 Å². The molecule has 0 aromatic heterocycles. The molecule has 11 heteroatoms. The number of carbonyl (C=O) groups excluding carboxylic acids is 4. The van der Waals surface area contributed by atoms with Crippen molar-refractivity contribution in [3.8, 4) is 0 Å². The SMILES string of the molecule is CC(C)C[C@H](NC(=O)[C@H](C)NC(=O)CN)C(=O)N[C@@H](C)C(=O)NCC(=O)O. The van der Waals surface area contributed by atoms with Gasteiger partial charge in [0.05, 0.1) is 6.54 Å². The van der Waals surface area contributed by atoms with Crippen molar-refractivity contribution in [3.05, 3.63) is 0 Å². The Morgan fingerprint density at radius 3 is 1.89 bits per heavy atom. The van der Waals surface area contributed by atoms with Gasteiger partial charge in [0.2, 0.25) is 23.6 Å². The summed E-state index contributed by atoms with van der Waals surface area (Å²) in [7, 11) is 0. The number of hydrogen-bond acceptors (Lipinski definition) is 6. The lowest BCUT2D eigenvalue weighted by Gasteiger charge is -2.24. The maximum absolute atomic E-state index is 12.4. The second-order valence-electron chi connectivity index (χ2n) is 6.53. The number of nitrogens with two attached hydrogens (primary N) is 1. The first-order valence-corrected chi connectivity index (χ1v) is 8.57. The van der Waals surface area contributed by atoms with Crippen LogP contribution in [0.2, 0.25) is 0 Å². The van der Waals surface area contributed by atoms with Gasteiger partial charge in [0, 0.05) is 0 Å². The van der Waals surface area contributed by atoms with Crippen LogP contribution in [0, 0.1) is 5.92 Å². The molecule has 27 heavy (non-hydrogen) atoms. The molecular formula is C16H29N5O6. The van der Waals surface area contributed by atoms with Crippen LogP contribution in [0.1, 0.15) is 34.1 Å². The molecule has 0 aliphatic heterocycles. The molecular weight excluding hydrogens is 358 g/mol. The molecule has 0 rings (SSSR count). The molecule has 0 spiro atoms. The van der Waals surface area contributed by atoms with Crippen LogP contribution in [0.4, 0.5) is 0 Å². The molecule has 4 amide bonds. The zero-order valence-electron chi connectivity index (χ0n) is 16.0. The van der Waals surface area contributed by atoms with E-state index in [0.717, 1.165) is 0 Å². The van der Waals surface area contributed by atoms with Gasteiger partial charge in [-0.05, 0) is 26.2 Å². The van der Waals surface area contributed by atoms with E-state index in [0.29, 0.717) is 6.42 Å². The van der Waals surface area contributed by atoms with Crippen LogP contribution >= 0.6 is 0 Å². The van der Waals surface area contributed by atoms with E-state index in [1.54, 1.807) is 0 Å². The topological polar surface area (TPSA) is 180 Å². The first kappa shape index (κ1) is 24.3. The van der Waals surface area contributed by atoms with Crippen molar-refractivity contribution in [1.82, 2.24) is 21.3 Å². The van der Waals surface area contributed by atoms with Gasteiger partial charge in [-0.1, -0.05) is 13.8 Å². The molecule has 0 aliphatic rings. The minimum absolute atomic E-state index is 0.0612. The highest BCUT2D eigenvalue weighted by Gasteiger charge is 2.27. The average Bonchev–Trinajstić information content (AvgIpc) is 2.57. The monoisotopic (exact) mass is 387 g/mol. The van der Waals surface area contributed by atoms with Crippen molar-refractivity contribution < 1.29 is 29.1 Å². The summed E-state index contributed by atoms with van der Waals surface area (Å²) in [6.45, 7) is 5.73.